The van der Waals surface area contributed by atoms with Crippen LogP contribution in [-0.2, 0) is 28.8 Å². The zero-order valence-corrected chi connectivity index (χ0v) is 19.6. The molecular formula is C21H23Cl3N2O3S. The Hall–Kier alpha value is -1.47. The van der Waals surface area contributed by atoms with Crippen molar-refractivity contribution in [2.75, 3.05) is 11.9 Å². The largest absolute Gasteiger partial charge is 0.462 e. The summed E-state index contributed by atoms with van der Waals surface area (Å²) in [6.07, 6.45) is 2.90. The molecule has 2 N–H and O–H groups in total. The average Bonchev–Trinajstić information content (AvgIpc) is 3.05. The molecule has 1 aliphatic rings. The molecule has 0 radical (unpaired) electrons. The highest BCUT2D eigenvalue weighted by atomic mass is 35.6. The lowest BCUT2D eigenvalue weighted by Crippen LogP contribution is -2.49. The van der Waals surface area contributed by atoms with Crippen molar-refractivity contribution in [3.05, 3.63) is 51.9 Å². The maximum atomic E-state index is 12.7. The Kier molecular flexibility index (Phi) is 7.91. The summed E-state index contributed by atoms with van der Waals surface area (Å²) in [5.41, 5.74) is 2.32. The van der Waals surface area contributed by atoms with E-state index in [0.717, 1.165) is 41.7 Å². The number of amides is 1. The van der Waals surface area contributed by atoms with Gasteiger partial charge in [-0.25, -0.2) is 4.79 Å². The number of hydrogen-bond acceptors (Lipinski definition) is 5. The SMILES string of the molecule is CCOC(=O)c1c(NC(NC(=O)Cc2ccccc2)C(Cl)(Cl)Cl)sc2c1CCCC2. The molecule has 1 aromatic carbocycles. The van der Waals surface area contributed by atoms with E-state index in [2.05, 4.69) is 10.6 Å². The molecule has 0 spiro atoms. The fourth-order valence-corrected chi connectivity index (χ4v) is 5.04. The molecule has 30 heavy (non-hydrogen) atoms. The molecule has 1 atom stereocenters. The number of hydrogen-bond donors (Lipinski definition) is 2. The highest BCUT2D eigenvalue weighted by Gasteiger charge is 2.36. The van der Waals surface area contributed by atoms with E-state index in [1.807, 2.05) is 30.3 Å². The summed E-state index contributed by atoms with van der Waals surface area (Å²) < 4.78 is 3.43. The Labute approximate surface area is 195 Å². The van der Waals surface area contributed by atoms with E-state index in [1.165, 1.54) is 11.3 Å². The normalized spacial score (nSPS) is 14.5. The summed E-state index contributed by atoms with van der Waals surface area (Å²) in [6, 6.07) is 9.29. The zero-order valence-electron chi connectivity index (χ0n) is 16.5. The molecule has 0 saturated heterocycles. The fourth-order valence-electron chi connectivity index (χ4n) is 3.41. The number of benzene rings is 1. The second-order valence-corrected chi connectivity index (χ2v) is 10.5. The highest BCUT2D eigenvalue weighted by molar-refractivity contribution is 7.16. The first-order valence-corrected chi connectivity index (χ1v) is 11.7. The fraction of sp³-hybridized carbons (Fsp3) is 0.429. The lowest BCUT2D eigenvalue weighted by molar-refractivity contribution is -0.120. The third-order valence-electron chi connectivity index (χ3n) is 4.77. The average molecular weight is 490 g/mol. The van der Waals surface area contributed by atoms with Crippen LogP contribution in [0.3, 0.4) is 0 Å². The summed E-state index contributed by atoms with van der Waals surface area (Å²) >= 11 is 19.9. The Bertz CT molecular complexity index is 897. The minimum atomic E-state index is -1.83. The van der Waals surface area contributed by atoms with Crippen LogP contribution in [0.5, 0.6) is 0 Å². The lowest BCUT2D eigenvalue weighted by atomic mass is 9.95. The van der Waals surface area contributed by atoms with Gasteiger partial charge in [-0.3, -0.25) is 4.79 Å². The van der Waals surface area contributed by atoms with Gasteiger partial charge in [0.15, 0.2) is 0 Å². The quantitative estimate of drug-likeness (QED) is 0.316. The minimum Gasteiger partial charge on any atom is -0.462 e. The van der Waals surface area contributed by atoms with Crippen LogP contribution in [-0.4, -0.2) is 28.4 Å². The van der Waals surface area contributed by atoms with E-state index in [-0.39, 0.29) is 18.9 Å². The van der Waals surface area contributed by atoms with Crippen LogP contribution in [0.1, 0.15) is 46.1 Å². The van der Waals surface area contributed by atoms with E-state index < -0.39 is 15.9 Å². The smallest absolute Gasteiger partial charge is 0.341 e. The van der Waals surface area contributed by atoms with Gasteiger partial charge in [0.2, 0.25) is 9.70 Å². The molecule has 5 nitrogen and oxygen atoms in total. The number of aryl methyl sites for hydroxylation is 1. The first-order chi connectivity index (χ1) is 14.3. The van der Waals surface area contributed by atoms with Crippen molar-refractivity contribution in [3.8, 4) is 0 Å². The summed E-state index contributed by atoms with van der Waals surface area (Å²) in [5, 5.41) is 6.38. The molecule has 1 unspecified atom stereocenters. The van der Waals surface area contributed by atoms with Gasteiger partial charge >= 0.3 is 5.97 Å². The van der Waals surface area contributed by atoms with Gasteiger partial charge in [0.25, 0.3) is 0 Å². The van der Waals surface area contributed by atoms with Gasteiger partial charge in [-0.2, -0.15) is 0 Å². The van der Waals surface area contributed by atoms with E-state index in [0.29, 0.717) is 10.6 Å². The van der Waals surface area contributed by atoms with Crippen molar-refractivity contribution in [1.29, 1.82) is 0 Å². The van der Waals surface area contributed by atoms with Crippen molar-refractivity contribution in [1.82, 2.24) is 5.32 Å². The molecule has 1 amide bonds. The predicted molar refractivity (Wildman–Crippen MR) is 123 cm³/mol. The van der Waals surface area contributed by atoms with Crippen LogP contribution in [0.2, 0.25) is 0 Å². The summed E-state index contributed by atoms with van der Waals surface area (Å²) in [6.45, 7) is 2.03. The molecule has 0 saturated carbocycles. The van der Waals surface area contributed by atoms with Crippen molar-refractivity contribution >= 4 is 63.0 Å². The Morgan fingerprint density at radius 2 is 1.87 bits per heavy atom. The molecule has 2 aromatic rings. The number of esters is 1. The standard InChI is InChI=1S/C21H23Cl3N2O3S/c1-2-29-19(28)17-14-10-6-7-11-15(14)30-18(17)26-20(21(22,23)24)25-16(27)12-13-8-4-3-5-9-13/h3-5,8-9,20,26H,2,6-7,10-12H2,1H3,(H,25,27). The van der Waals surface area contributed by atoms with E-state index in [1.54, 1.807) is 6.92 Å². The first-order valence-electron chi connectivity index (χ1n) is 9.77. The van der Waals surface area contributed by atoms with Gasteiger partial charge in [0.1, 0.15) is 11.2 Å². The van der Waals surface area contributed by atoms with E-state index >= 15 is 0 Å². The van der Waals surface area contributed by atoms with Crippen LogP contribution in [0.4, 0.5) is 5.00 Å². The third-order valence-corrected chi connectivity index (χ3v) is 6.64. The van der Waals surface area contributed by atoms with Crippen LogP contribution in [0.25, 0.3) is 0 Å². The summed E-state index contributed by atoms with van der Waals surface area (Å²) in [5.74, 6) is -0.706. The zero-order chi connectivity index (χ0) is 21.7. The van der Waals surface area contributed by atoms with Gasteiger partial charge in [0, 0.05) is 4.88 Å². The van der Waals surface area contributed by atoms with Gasteiger partial charge < -0.3 is 15.4 Å². The Morgan fingerprint density at radius 1 is 1.17 bits per heavy atom. The molecule has 0 fully saturated rings. The van der Waals surface area contributed by atoms with Crippen LogP contribution in [0, 0.1) is 0 Å². The molecule has 9 heteroatoms. The maximum absolute atomic E-state index is 12.7. The lowest BCUT2D eigenvalue weighted by Gasteiger charge is -2.27. The number of rotatable bonds is 7. The van der Waals surface area contributed by atoms with Crippen LogP contribution in [0.15, 0.2) is 30.3 Å². The number of nitrogens with one attached hydrogen (secondary N) is 2. The molecule has 1 aliphatic carbocycles. The molecule has 3 rings (SSSR count). The number of fused-ring (bicyclic) bond motifs is 1. The highest BCUT2D eigenvalue weighted by Crippen LogP contribution is 2.40. The van der Waals surface area contributed by atoms with Crippen molar-refractivity contribution in [2.45, 2.75) is 49.0 Å². The maximum Gasteiger partial charge on any atom is 0.341 e. The second-order valence-electron chi connectivity index (χ2n) is 6.98. The van der Waals surface area contributed by atoms with E-state index in [4.69, 9.17) is 39.5 Å². The first kappa shape index (κ1) is 23.2. The number of thiophene rings is 1. The number of alkyl halides is 3. The number of halogens is 3. The second kappa shape index (κ2) is 10.2. The Morgan fingerprint density at radius 3 is 2.53 bits per heavy atom. The van der Waals surface area contributed by atoms with Crippen molar-refractivity contribution < 1.29 is 14.3 Å². The molecule has 162 valence electrons. The van der Waals surface area contributed by atoms with Crippen LogP contribution >= 0.6 is 46.1 Å². The minimum absolute atomic E-state index is 0.144. The predicted octanol–water partition coefficient (Wildman–Crippen LogP) is 5.27. The van der Waals surface area contributed by atoms with Gasteiger partial charge in [-0.05, 0) is 43.7 Å². The van der Waals surface area contributed by atoms with Crippen molar-refractivity contribution in [3.63, 3.8) is 0 Å². The van der Waals surface area contributed by atoms with Gasteiger partial charge in [-0.1, -0.05) is 65.1 Å². The number of anilines is 1. The monoisotopic (exact) mass is 488 g/mol. The summed E-state index contributed by atoms with van der Waals surface area (Å²) in [4.78, 5) is 26.3. The third kappa shape index (κ3) is 5.82. The summed E-state index contributed by atoms with van der Waals surface area (Å²) in [7, 11) is 0. The molecule has 0 aliphatic heterocycles. The molecular weight excluding hydrogens is 467 g/mol. The molecule has 0 bridgehead atoms. The number of ether oxygens (including phenoxy) is 1. The van der Waals surface area contributed by atoms with Crippen molar-refractivity contribution in [2.24, 2.45) is 0 Å². The topological polar surface area (TPSA) is 67.4 Å². The van der Waals surface area contributed by atoms with Gasteiger partial charge in [-0.15, -0.1) is 11.3 Å². The van der Waals surface area contributed by atoms with Gasteiger partial charge in [0.05, 0.1) is 18.6 Å². The Balaban J connectivity index is 1.83. The number of carbonyl (C=O) groups is 2. The van der Waals surface area contributed by atoms with E-state index in [9.17, 15) is 9.59 Å². The molecule has 1 heterocycles. The van der Waals surface area contributed by atoms with Crippen LogP contribution < -0.4 is 10.6 Å². The molecule has 1 aromatic heterocycles. The number of carbonyl (C=O) groups excluding carboxylic acids is 2.